The molecule has 7 nitrogen and oxygen atoms in total. The Balaban J connectivity index is 1.30. The molecule has 2 saturated heterocycles. The number of piperazine rings is 1. The van der Waals surface area contributed by atoms with Crippen molar-refractivity contribution in [3.8, 4) is 11.5 Å². The van der Waals surface area contributed by atoms with Gasteiger partial charge in [0.2, 0.25) is 12.7 Å². The second-order valence-electron chi connectivity index (χ2n) is 6.89. The summed E-state index contributed by atoms with van der Waals surface area (Å²) in [4.78, 5) is 16.6. The van der Waals surface area contributed by atoms with E-state index < -0.39 is 9.84 Å². The van der Waals surface area contributed by atoms with Crippen LogP contribution in [-0.4, -0.2) is 68.6 Å². The quantitative estimate of drug-likeness (QED) is 0.775. The number of carbonyl (C=O) groups is 1. The summed E-state index contributed by atoms with van der Waals surface area (Å²) in [5, 5.41) is 0. The second-order valence-corrected chi connectivity index (χ2v) is 9.12. The minimum atomic E-state index is -3.02. The van der Waals surface area contributed by atoms with Gasteiger partial charge in [-0.1, -0.05) is 6.07 Å². The highest BCUT2D eigenvalue weighted by molar-refractivity contribution is 7.91. The number of hydrogen-bond donors (Lipinski definition) is 0. The highest BCUT2D eigenvalue weighted by Gasteiger charge is 2.36. The van der Waals surface area contributed by atoms with Crippen LogP contribution in [-0.2, 0) is 21.2 Å². The average Bonchev–Trinajstić information content (AvgIpc) is 3.20. The van der Waals surface area contributed by atoms with Crippen molar-refractivity contribution in [2.45, 2.75) is 13.0 Å². The maximum Gasteiger partial charge on any atom is 0.231 e. The lowest BCUT2D eigenvalue weighted by Crippen LogP contribution is -2.50. The molecule has 3 aliphatic rings. The van der Waals surface area contributed by atoms with Crippen LogP contribution in [0.3, 0.4) is 0 Å². The number of fused-ring (bicyclic) bond motifs is 1. The average molecular weight is 366 g/mol. The smallest absolute Gasteiger partial charge is 0.231 e. The molecule has 1 aromatic carbocycles. The third kappa shape index (κ3) is 3.59. The van der Waals surface area contributed by atoms with Gasteiger partial charge in [-0.3, -0.25) is 9.69 Å². The van der Waals surface area contributed by atoms with E-state index in [1.807, 2.05) is 23.1 Å². The van der Waals surface area contributed by atoms with E-state index in [4.69, 9.17) is 9.47 Å². The Labute approximate surface area is 147 Å². The number of sulfone groups is 1. The minimum absolute atomic E-state index is 0.00352. The van der Waals surface area contributed by atoms with Crippen molar-refractivity contribution in [1.29, 1.82) is 0 Å². The largest absolute Gasteiger partial charge is 0.454 e. The van der Waals surface area contributed by atoms with Crippen LogP contribution in [0.15, 0.2) is 18.2 Å². The molecule has 8 heteroatoms. The van der Waals surface area contributed by atoms with Gasteiger partial charge in [0, 0.05) is 32.7 Å². The van der Waals surface area contributed by atoms with E-state index in [2.05, 4.69) is 4.90 Å². The highest BCUT2D eigenvalue weighted by atomic mass is 32.2. The van der Waals surface area contributed by atoms with Crippen LogP contribution in [0.1, 0.15) is 12.0 Å². The number of hydrogen-bond acceptors (Lipinski definition) is 6. The third-order valence-corrected chi connectivity index (χ3v) is 6.88. The van der Waals surface area contributed by atoms with Gasteiger partial charge in [0.15, 0.2) is 21.3 Å². The number of amides is 1. The Morgan fingerprint density at radius 2 is 1.88 bits per heavy atom. The summed E-state index contributed by atoms with van der Waals surface area (Å²) in [6.07, 6.45) is 0.471. The van der Waals surface area contributed by atoms with Crippen molar-refractivity contribution in [1.82, 2.24) is 9.80 Å². The van der Waals surface area contributed by atoms with Gasteiger partial charge in [-0.15, -0.1) is 0 Å². The molecule has 136 valence electrons. The topological polar surface area (TPSA) is 76.2 Å². The molecule has 0 aliphatic carbocycles. The summed E-state index contributed by atoms with van der Waals surface area (Å²) in [5.41, 5.74) is 1.16. The van der Waals surface area contributed by atoms with E-state index in [1.54, 1.807) is 0 Å². The molecule has 0 spiro atoms. The predicted molar refractivity (Wildman–Crippen MR) is 91.2 cm³/mol. The molecule has 0 radical (unpaired) electrons. The summed E-state index contributed by atoms with van der Waals surface area (Å²) in [6, 6.07) is 5.97. The van der Waals surface area contributed by atoms with Gasteiger partial charge in [0.25, 0.3) is 0 Å². The first-order valence-electron chi connectivity index (χ1n) is 8.60. The SMILES string of the molecule is O=C([C@H]1CCS(=O)(=O)C1)N1CCN(Cc2ccc3c(c2)OCO3)CC1. The fourth-order valence-corrected chi connectivity index (χ4v) is 5.40. The second kappa shape index (κ2) is 6.49. The summed E-state index contributed by atoms with van der Waals surface area (Å²) < 4.78 is 33.9. The zero-order valence-corrected chi connectivity index (χ0v) is 14.8. The molecule has 1 amide bonds. The zero-order chi connectivity index (χ0) is 17.4. The summed E-state index contributed by atoms with van der Waals surface area (Å²) in [5.74, 6) is 1.39. The summed E-state index contributed by atoms with van der Waals surface area (Å²) in [6.45, 7) is 3.96. The minimum Gasteiger partial charge on any atom is -0.454 e. The van der Waals surface area contributed by atoms with Crippen LogP contribution in [0.4, 0.5) is 0 Å². The number of benzene rings is 1. The van der Waals surface area contributed by atoms with Crippen LogP contribution < -0.4 is 9.47 Å². The Bertz CT molecular complexity index is 771. The standard InChI is InChI=1S/C17H22N2O5S/c20-17(14-3-8-25(21,22)11-14)19-6-4-18(5-7-19)10-13-1-2-15-16(9-13)24-12-23-15/h1-2,9,14H,3-8,10-12H2/t14-/m0/s1. The van der Waals surface area contributed by atoms with Gasteiger partial charge in [-0.2, -0.15) is 0 Å². The van der Waals surface area contributed by atoms with E-state index in [-0.39, 0.29) is 30.1 Å². The molecule has 3 aliphatic heterocycles. The van der Waals surface area contributed by atoms with Gasteiger partial charge >= 0.3 is 0 Å². The fourth-order valence-electron chi connectivity index (χ4n) is 3.67. The van der Waals surface area contributed by atoms with Crippen LogP contribution in [0.2, 0.25) is 0 Å². The van der Waals surface area contributed by atoms with Gasteiger partial charge in [0.1, 0.15) is 0 Å². The monoisotopic (exact) mass is 366 g/mol. The number of nitrogens with zero attached hydrogens (tertiary/aromatic N) is 2. The Kier molecular flexibility index (Phi) is 4.33. The number of ether oxygens (including phenoxy) is 2. The lowest BCUT2D eigenvalue weighted by Gasteiger charge is -2.35. The lowest BCUT2D eigenvalue weighted by molar-refractivity contribution is -0.136. The lowest BCUT2D eigenvalue weighted by atomic mass is 10.1. The van der Waals surface area contributed by atoms with Crippen LogP contribution in [0.25, 0.3) is 0 Å². The highest BCUT2D eigenvalue weighted by Crippen LogP contribution is 2.33. The molecule has 0 saturated carbocycles. The predicted octanol–water partition coefficient (Wildman–Crippen LogP) is 0.494. The molecule has 1 aromatic rings. The maximum atomic E-state index is 12.5. The van der Waals surface area contributed by atoms with Crippen LogP contribution in [0.5, 0.6) is 11.5 Å². The van der Waals surface area contributed by atoms with Crippen molar-refractivity contribution in [2.75, 3.05) is 44.5 Å². The maximum absolute atomic E-state index is 12.5. The molecule has 0 aromatic heterocycles. The van der Waals surface area contributed by atoms with E-state index in [9.17, 15) is 13.2 Å². The van der Waals surface area contributed by atoms with Crippen molar-refractivity contribution < 1.29 is 22.7 Å². The Morgan fingerprint density at radius 1 is 1.12 bits per heavy atom. The van der Waals surface area contributed by atoms with E-state index >= 15 is 0 Å². The molecule has 0 N–H and O–H groups in total. The Morgan fingerprint density at radius 3 is 2.60 bits per heavy atom. The molecular weight excluding hydrogens is 344 g/mol. The fraction of sp³-hybridized carbons (Fsp3) is 0.588. The van der Waals surface area contributed by atoms with Crippen molar-refractivity contribution in [3.63, 3.8) is 0 Å². The van der Waals surface area contributed by atoms with Gasteiger partial charge in [-0.25, -0.2) is 8.42 Å². The number of carbonyl (C=O) groups excluding carboxylic acids is 1. The molecule has 1 atom stereocenters. The third-order valence-electron chi connectivity index (χ3n) is 5.11. The van der Waals surface area contributed by atoms with E-state index in [0.717, 1.165) is 36.7 Å². The molecule has 0 unspecified atom stereocenters. The van der Waals surface area contributed by atoms with Crippen LogP contribution in [0, 0.1) is 5.92 Å². The normalized spacial score (nSPS) is 25.3. The first kappa shape index (κ1) is 16.7. The first-order valence-corrected chi connectivity index (χ1v) is 10.4. The Hall–Kier alpha value is -1.80. The molecular formula is C17H22N2O5S. The molecule has 0 bridgehead atoms. The zero-order valence-electron chi connectivity index (χ0n) is 14.0. The molecule has 3 heterocycles. The van der Waals surface area contributed by atoms with E-state index in [0.29, 0.717) is 19.5 Å². The van der Waals surface area contributed by atoms with Crippen molar-refractivity contribution in [3.05, 3.63) is 23.8 Å². The summed E-state index contributed by atoms with van der Waals surface area (Å²) >= 11 is 0. The molecule has 2 fully saturated rings. The number of rotatable bonds is 3. The first-order chi connectivity index (χ1) is 12.0. The van der Waals surface area contributed by atoms with E-state index in [1.165, 1.54) is 0 Å². The van der Waals surface area contributed by atoms with Crippen molar-refractivity contribution >= 4 is 15.7 Å². The van der Waals surface area contributed by atoms with Crippen molar-refractivity contribution in [2.24, 2.45) is 5.92 Å². The molecule has 4 rings (SSSR count). The summed E-state index contributed by atoms with van der Waals surface area (Å²) in [7, 11) is -3.02. The van der Waals surface area contributed by atoms with Crippen LogP contribution >= 0.6 is 0 Å². The van der Waals surface area contributed by atoms with Gasteiger partial charge in [0.05, 0.1) is 17.4 Å². The molecule has 25 heavy (non-hydrogen) atoms. The van der Waals surface area contributed by atoms with Gasteiger partial charge in [-0.05, 0) is 24.1 Å². The van der Waals surface area contributed by atoms with Gasteiger partial charge < -0.3 is 14.4 Å².